The first-order valence-corrected chi connectivity index (χ1v) is 16.0. The number of aromatic nitrogens is 1. The fourth-order valence-corrected chi connectivity index (χ4v) is 6.72. The van der Waals surface area contributed by atoms with Crippen LogP contribution in [0.25, 0.3) is 6.08 Å². The third-order valence-electron chi connectivity index (χ3n) is 6.80. The van der Waals surface area contributed by atoms with E-state index in [-0.39, 0.29) is 17.2 Å². The van der Waals surface area contributed by atoms with E-state index in [0.29, 0.717) is 44.3 Å². The Morgan fingerprint density at radius 3 is 2.50 bits per heavy atom. The molecule has 0 unspecified atom stereocenters. The first-order valence-electron chi connectivity index (χ1n) is 13.6. The zero-order valence-electron chi connectivity index (χ0n) is 24.3. The van der Waals surface area contributed by atoms with Gasteiger partial charge >= 0.3 is 5.97 Å². The largest absolute Gasteiger partial charge is 0.496 e. The maximum atomic E-state index is 14.0. The Balaban J connectivity index is 1.54. The highest BCUT2D eigenvalue weighted by molar-refractivity contribution is 9.10. The third-order valence-corrected chi connectivity index (χ3v) is 8.90. The van der Waals surface area contributed by atoms with E-state index in [1.165, 1.54) is 15.9 Å². The van der Waals surface area contributed by atoms with E-state index in [1.807, 2.05) is 42.5 Å². The lowest BCUT2D eigenvalue weighted by molar-refractivity contribution is -0.143. The highest BCUT2D eigenvalue weighted by atomic mass is 79.9. The summed E-state index contributed by atoms with van der Waals surface area (Å²) in [5, 5.41) is 9.00. The van der Waals surface area contributed by atoms with E-state index in [9.17, 15) is 9.59 Å². The number of hydrogen-bond acceptors (Lipinski definition) is 8. The van der Waals surface area contributed by atoms with Crippen molar-refractivity contribution in [1.29, 1.82) is 5.26 Å². The SMILES string of the molecule is COc1ccc(Br)cc1[C@H]1C(C(=O)OC(C)C)=C(C)N=c2s/c(=C\c3ccc(OCc4ccc(C#N)cc4)c(Br)c3)c(=O)n21. The van der Waals surface area contributed by atoms with Gasteiger partial charge in [0.1, 0.15) is 24.1 Å². The first kappa shape index (κ1) is 31.4. The van der Waals surface area contributed by atoms with Crippen molar-refractivity contribution in [2.75, 3.05) is 7.11 Å². The third kappa shape index (κ3) is 6.58. The van der Waals surface area contributed by atoms with Crippen LogP contribution in [0.2, 0.25) is 0 Å². The highest BCUT2D eigenvalue weighted by Gasteiger charge is 2.35. The van der Waals surface area contributed by atoms with E-state index in [4.69, 9.17) is 19.5 Å². The van der Waals surface area contributed by atoms with E-state index >= 15 is 0 Å². The fraction of sp³-hybridized carbons (Fsp3) is 0.212. The number of nitrogens with zero attached hydrogens (tertiary/aromatic N) is 3. The summed E-state index contributed by atoms with van der Waals surface area (Å²) < 4.78 is 20.7. The van der Waals surface area contributed by atoms with Gasteiger partial charge in [-0.2, -0.15) is 5.26 Å². The number of thiazole rings is 1. The Labute approximate surface area is 274 Å². The molecule has 3 aromatic carbocycles. The molecule has 0 fully saturated rings. The van der Waals surface area contributed by atoms with Crippen molar-refractivity contribution in [3.63, 3.8) is 0 Å². The number of rotatable bonds is 8. The van der Waals surface area contributed by atoms with Crippen molar-refractivity contribution in [3.05, 3.63) is 123 Å². The van der Waals surface area contributed by atoms with Crippen molar-refractivity contribution < 1.29 is 19.0 Å². The lowest BCUT2D eigenvalue weighted by Gasteiger charge is -2.26. The summed E-state index contributed by atoms with van der Waals surface area (Å²) in [6.45, 7) is 5.64. The number of fused-ring (bicyclic) bond motifs is 1. The van der Waals surface area contributed by atoms with Gasteiger partial charge in [0.2, 0.25) is 0 Å². The average Bonchev–Trinajstić information content (AvgIpc) is 3.29. The molecule has 8 nitrogen and oxygen atoms in total. The van der Waals surface area contributed by atoms with Crippen molar-refractivity contribution in [2.45, 2.75) is 39.5 Å². The maximum absolute atomic E-state index is 14.0. The molecule has 44 heavy (non-hydrogen) atoms. The molecule has 2 heterocycles. The van der Waals surface area contributed by atoms with E-state index < -0.39 is 12.0 Å². The number of halogens is 2. The number of methoxy groups -OCH3 is 1. The van der Waals surface area contributed by atoms with Crippen LogP contribution in [0, 0.1) is 11.3 Å². The van der Waals surface area contributed by atoms with Gasteiger partial charge in [0.15, 0.2) is 4.80 Å². The number of allylic oxidation sites excluding steroid dienone is 1. The Morgan fingerprint density at radius 1 is 1.11 bits per heavy atom. The predicted octanol–water partition coefficient (Wildman–Crippen LogP) is 6.17. The number of ether oxygens (including phenoxy) is 3. The zero-order chi connectivity index (χ0) is 31.5. The average molecular weight is 737 g/mol. The highest BCUT2D eigenvalue weighted by Crippen LogP contribution is 2.37. The Morgan fingerprint density at radius 2 is 1.84 bits per heavy atom. The first-order chi connectivity index (χ1) is 21.1. The van der Waals surface area contributed by atoms with Gasteiger partial charge in [0, 0.05) is 10.0 Å². The summed E-state index contributed by atoms with van der Waals surface area (Å²) >= 11 is 8.35. The molecule has 0 saturated heterocycles. The molecule has 224 valence electrons. The van der Waals surface area contributed by atoms with Crippen LogP contribution in [0.15, 0.2) is 90.7 Å². The van der Waals surface area contributed by atoms with Crippen LogP contribution in [0.3, 0.4) is 0 Å². The van der Waals surface area contributed by atoms with Crippen LogP contribution in [-0.2, 0) is 16.1 Å². The topological polar surface area (TPSA) is 103 Å². The second-order valence-electron chi connectivity index (χ2n) is 10.2. The number of esters is 1. The lowest BCUT2D eigenvalue weighted by Crippen LogP contribution is -2.40. The number of carbonyl (C=O) groups is 1. The molecule has 1 aliphatic heterocycles. The summed E-state index contributed by atoms with van der Waals surface area (Å²) in [5.41, 5.74) is 3.40. The van der Waals surface area contributed by atoms with Gasteiger partial charge in [-0.3, -0.25) is 9.36 Å². The van der Waals surface area contributed by atoms with Gasteiger partial charge in [0.05, 0.1) is 45.1 Å². The van der Waals surface area contributed by atoms with Gasteiger partial charge in [-0.05, 0) is 96.4 Å². The predicted molar refractivity (Wildman–Crippen MR) is 175 cm³/mol. The molecule has 0 radical (unpaired) electrons. The van der Waals surface area contributed by atoms with E-state index in [1.54, 1.807) is 52.2 Å². The van der Waals surface area contributed by atoms with Crippen LogP contribution in [0.4, 0.5) is 0 Å². The summed E-state index contributed by atoms with van der Waals surface area (Å²) in [5.74, 6) is 0.625. The number of nitriles is 1. The Kier molecular flexibility index (Phi) is 9.53. The second-order valence-corrected chi connectivity index (χ2v) is 13.0. The molecule has 0 saturated carbocycles. The summed E-state index contributed by atoms with van der Waals surface area (Å²) in [4.78, 5) is 32.6. The summed E-state index contributed by atoms with van der Waals surface area (Å²) in [6.07, 6.45) is 1.44. The molecule has 1 aliphatic rings. The zero-order valence-corrected chi connectivity index (χ0v) is 28.2. The molecule has 0 bridgehead atoms. The molecule has 1 atom stereocenters. The van der Waals surface area contributed by atoms with Gasteiger partial charge in [-0.25, -0.2) is 9.79 Å². The smallest absolute Gasteiger partial charge is 0.338 e. The molecule has 5 rings (SSSR count). The van der Waals surface area contributed by atoms with Gasteiger partial charge < -0.3 is 14.2 Å². The fourth-order valence-electron chi connectivity index (χ4n) is 4.79. The van der Waals surface area contributed by atoms with E-state index in [2.05, 4.69) is 42.9 Å². The lowest BCUT2D eigenvalue weighted by atomic mass is 9.95. The van der Waals surface area contributed by atoms with Gasteiger partial charge in [-0.1, -0.05) is 45.5 Å². The molecule has 1 aromatic heterocycles. The van der Waals surface area contributed by atoms with Crippen LogP contribution >= 0.6 is 43.2 Å². The Hall–Kier alpha value is -3.98. The van der Waals surface area contributed by atoms with E-state index in [0.717, 1.165) is 20.1 Å². The minimum Gasteiger partial charge on any atom is -0.496 e. The van der Waals surface area contributed by atoms with Gasteiger partial charge in [0.25, 0.3) is 5.56 Å². The van der Waals surface area contributed by atoms with Crippen molar-refractivity contribution in [1.82, 2.24) is 4.57 Å². The van der Waals surface area contributed by atoms with Crippen LogP contribution in [0.1, 0.15) is 49.1 Å². The van der Waals surface area contributed by atoms with Crippen LogP contribution < -0.4 is 24.4 Å². The minimum absolute atomic E-state index is 0.278. The van der Waals surface area contributed by atoms with Crippen molar-refractivity contribution in [3.8, 4) is 17.6 Å². The standard InChI is InChI=1S/C33H27Br2N3O5S/c1-18(2)43-32(40)29-19(3)37-33-38(30(29)24-15-23(34)10-12-26(24)41-4)31(39)28(44-33)14-22-9-11-27(25(35)13-22)42-17-21-7-5-20(16-36)6-8-21/h5-15,18,30H,17H2,1-4H3/b28-14-/t30-/m0/s1. The molecule has 0 N–H and O–H groups in total. The molecule has 4 aromatic rings. The number of carbonyl (C=O) groups excluding carboxylic acids is 1. The number of hydrogen-bond donors (Lipinski definition) is 0. The second kappa shape index (κ2) is 13.3. The summed E-state index contributed by atoms with van der Waals surface area (Å²) in [6, 6.07) is 19.5. The van der Waals surface area contributed by atoms with Gasteiger partial charge in [-0.15, -0.1) is 0 Å². The van der Waals surface area contributed by atoms with Crippen molar-refractivity contribution >= 4 is 55.2 Å². The minimum atomic E-state index is -0.808. The normalized spacial score (nSPS) is 14.6. The molecule has 0 spiro atoms. The summed E-state index contributed by atoms with van der Waals surface area (Å²) in [7, 11) is 1.55. The Bertz CT molecular complexity index is 2010. The maximum Gasteiger partial charge on any atom is 0.338 e. The molecule has 0 aliphatic carbocycles. The number of benzene rings is 3. The van der Waals surface area contributed by atoms with Crippen molar-refractivity contribution in [2.24, 2.45) is 4.99 Å². The monoisotopic (exact) mass is 735 g/mol. The molecular weight excluding hydrogens is 710 g/mol. The molecule has 0 amide bonds. The van der Waals surface area contributed by atoms with Crippen LogP contribution in [-0.4, -0.2) is 23.8 Å². The molecule has 11 heteroatoms. The van der Waals surface area contributed by atoms with Crippen LogP contribution in [0.5, 0.6) is 11.5 Å². The molecular formula is C33H27Br2N3O5S. The quantitative estimate of drug-likeness (QED) is 0.201.